The number of carboxylic acids is 1. The van der Waals surface area contributed by atoms with Crippen LogP contribution in [-0.4, -0.2) is 20.9 Å². The van der Waals surface area contributed by atoms with Gasteiger partial charge in [0.05, 0.1) is 5.69 Å². The monoisotopic (exact) mass is 244 g/mol. The second kappa shape index (κ2) is 4.64. The van der Waals surface area contributed by atoms with Gasteiger partial charge in [-0.2, -0.15) is 5.10 Å². The molecule has 0 aliphatic rings. The first kappa shape index (κ1) is 12.4. The maximum atomic E-state index is 10.9. The van der Waals surface area contributed by atoms with Gasteiger partial charge in [0.15, 0.2) is 5.69 Å². The van der Waals surface area contributed by atoms with Crippen LogP contribution < -0.4 is 0 Å². The lowest BCUT2D eigenvalue weighted by Gasteiger charge is -2.09. The Morgan fingerprint density at radius 3 is 2.67 bits per heavy atom. The van der Waals surface area contributed by atoms with Gasteiger partial charge in [0.25, 0.3) is 0 Å². The fourth-order valence-electron chi connectivity index (χ4n) is 2.06. The number of aromatic nitrogens is 2. The van der Waals surface area contributed by atoms with Gasteiger partial charge in [0.2, 0.25) is 0 Å². The van der Waals surface area contributed by atoms with Gasteiger partial charge in [0.1, 0.15) is 0 Å². The lowest BCUT2D eigenvalue weighted by molar-refractivity contribution is 0.0689. The SMILES string of the molecule is CCc1ccc(C)cc1-c1cc(C(=O)O)nn1C. The number of hydrogen-bond donors (Lipinski definition) is 1. The van der Waals surface area contributed by atoms with E-state index in [0.717, 1.165) is 23.2 Å². The van der Waals surface area contributed by atoms with Crippen LogP contribution in [0.15, 0.2) is 24.3 Å². The quantitative estimate of drug-likeness (QED) is 0.903. The topological polar surface area (TPSA) is 55.1 Å². The third-order valence-corrected chi connectivity index (χ3v) is 3.02. The molecule has 0 bridgehead atoms. The predicted molar refractivity (Wildman–Crippen MR) is 69.7 cm³/mol. The summed E-state index contributed by atoms with van der Waals surface area (Å²) in [7, 11) is 1.77. The van der Waals surface area contributed by atoms with E-state index < -0.39 is 5.97 Å². The molecule has 0 saturated heterocycles. The Balaban J connectivity index is 2.60. The van der Waals surface area contributed by atoms with Crippen LogP contribution in [0, 0.1) is 6.92 Å². The Hall–Kier alpha value is -2.10. The van der Waals surface area contributed by atoms with E-state index in [0.29, 0.717) is 0 Å². The number of aryl methyl sites for hydroxylation is 3. The maximum Gasteiger partial charge on any atom is 0.356 e. The van der Waals surface area contributed by atoms with Crippen LogP contribution in [0.4, 0.5) is 0 Å². The summed E-state index contributed by atoms with van der Waals surface area (Å²) < 4.78 is 1.62. The van der Waals surface area contributed by atoms with Crippen LogP contribution in [0.3, 0.4) is 0 Å². The summed E-state index contributed by atoms with van der Waals surface area (Å²) in [6, 6.07) is 7.84. The maximum absolute atomic E-state index is 10.9. The highest BCUT2D eigenvalue weighted by Gasteiger charge is 2.14. The Morgan fingerprint density at radius 2 is 2.11 bits per heavy atom. The van der Waals surface area contributed by atoms with Gasteiger partial charge in [0, 0.05) is 12.6 Å². The number of carbonyl (C=O) groups is 1. The first-order valence-electron chi connectivity index (χ1n) is 5.90. The van der Waals surface area contributed by atoms with Crippen molar-refractivity contribution in [2.45, 2.75) is 20.3 Å². The lowest BCUT2D eigenvalue weighted by Crippen LogP contribution is -2.00. The molecule has 1 N–H and O–H groups in total. The highest BCUT2D eigenvalue weighted by molar-refractivity contribution is 5.87. The van der Waals surface area contributed by atoms with Crippen LogP contribution in [0.1, 0.15) is 28.5 Å². The zero-order chi connectivity index (χ0) is 13.3. The summed E-state index contributed by atoms with van der Waals surface area (Å²) in [4.78, 5) is 10.9. The molecule has 0 fully saturated rings. The van der Waals surface area contributed by atoms with Gasteiger partial charge in [-0.1, -0.05) is 24.6 Å². The third kappa shape index (κ3) is 2.14. The number of benzene rings is 1. The van der Waals surface area contributed by atoms with Gasteiger partial charge in [-0.25, -0.2) is 4.79 Å². The van der Waals surface area contributed by atoms with E-state index in [9.17, 15) is 4.79 Å². The van der Waals surface area contributed by atoms with Gasteiger partial charge in [-0.05, 0) is 31.0 Å². The zero-order valence-corrected chi connectivity index (χ0v) is 10.8. The summed E-state index contributed by atoms with van der Waals surface area (Å²) in [6.45, 7) is 4.11. The van der Waals surface area contributed by atoms with Crippen molar-refractivity contribution in [3.05, 3.63) is 41.1 Å². The van der Waals surface area contributed by atoms with E-state index in [-0.39, 0.29) is 5.69 Å². The second-order valence-corrected chi connectivity index (χ2v) is 4.36. The van der Waals surface area contributed by atoms with Crippen molar-refractivity contribution in [2.24, 2.45) is 7.05 Å². The molecule has 0 amide bonds. The van der Waals surface area contributed by atoms with Crippen LogP contribution >= 0.6 is 0 Å². The molecule has 0 saturated carbocycles. The van der Waals surface area contributed by atoms with Gasteiger partial charge in [-0.3, -0.25) is 4.68 Å². The zero-order valence-electron chi connectivity index (χ0n) is 10.8. The molecular weight excluding hydrogens is 228 g/mol. The molecule has 1 heterocycles. The van der Waals surface area contributed by atoms with E-state index in [1.165, 1.54) is 5.56 Å². The largest absolute Gasteiger partial charge is 0.476 e. The number of hydrogen-bond acceptors (Lipinski definition) is 2. The average Bonchev–Trinajstić information content (AvgIpc) is 2.71. The minimum atomic E-state index is -0.998. The van der Waals surface area contributed by atoms with Crippen LogP contribution in [0.5, 0.6) is 0 Å². The number of aromatic carboxylic acids is 1. The lowest BCUT2D eigenvalue weighted by atomic mass is 9.99. The molecule has 0 unspecified atom stereocenters. The van der Waals surface area contributed by atoms with Crippen molar-refractivity contribution in [1.82, 2.24) is 9.78 Å². The molecule has 2 rings (SSSR count). The Kier molecular flexibility index (Phi) is 3.19. The van der Waals surface area contributed by atoms with E-state index >= 15 is 0 Å². The molecule has 0 spiro atoms. The molecule has 18 heavy (non-hydrogen) atoms. The number of nitrogens with zero attached hydrogens (tertiary/aromatic N) is 2. The van der Waals surface area contributed by atoms with Crippen molar-refractivity contribution in [3.8, 4) is 11.3 Å². The van der Waals surface area contributed by atoms with Crippen LogP contribution in [0.2, 0.25) is 0 Å². The highest BCUT2D eigenvalue weighted by atomic mass is 16.4. The molecule has 0 radical (unpaired) electrons. The fourth-order valence-corrected chi connectivity index (χ4v) is 2.06. The molecule has 0 aliphatic heterocycles. The van der Waals surface area contributed by atoms with Crippen LogP contribution in [0.25, 0.3) is 11.3 Å². The van der Waals surface area contributed by atoms with Crippen molar-refractivity contribution in [1.29, 1.82) is 0 Å². The van der Waals surface area contributed by atoms with Gasteiger partial charge < -0.3 is 5.11 Å². The Labute approximate surface area is 106 Å². The second-order valence-electron chi connectivity index (χ2n) is 4.36. The van der Waals surface area contributed by atoms with Gasteiger partial charge in [-0.15, -0.1) is 0 Å². The molecule has 4 heteroatoms. The summed E-state index contributed by atoms with van der Waals surface area (Å²) in [5, 5.41) is 13.0. The van der Waals surface area contributed by atoms with E-state index in [4.69, 9.17) is 5.11 Å². The van der Waals surface area contributed by atoms with Crippen molar-refractivity contribution >= 4 is 5.97 Å². The molecule has 1 aromatic heterocycles. The highest BCUT2D eigenvalue weighted by Crippen LogP contribution is 2.26. The predicted octanol–water partition coefficient (Wildman–Crippen LogP) is 2.66. The Morgan fingerprint density at radius 1 is 1.39 bits per heavy atom. The third-order valence-electron chi connectivity index (χ3n) is 3.02. The van der Waals surface area contributed by atoms with Crippen molar-refractivity contribution < 1.29 is 9.90 Å². The summed E-state index contributed by atoms with van der Waals surface area (Å²) in [5.41, 5.74) is 4.32. The smallest absolute Gasteiger partial charge is 0.356 e. The van der Waals surface area contributed by atoms with Crippen molar-refractivity contribution in [3.63, 3.8) is 0 Å². The van der Waals surface area contributed by atoms with Gasteiger partial charge >= 0.3 is 5.97 Å². The molecule has 2 aromatic rings. The number of rotatable bonds is 3. The number of carboxylic acid groups (broad SMARTS) is 1. The average molecular weight is 244 g/mol. The Bertz CT molecular complexity index is 600. The standard InChI is InChI=1S/C14H16N2O2/c1-4-10-6-5-9(2)7-11(10)13-8-12(14(17)18)15-16(13)3/h5-8H,4H2,1-3H3,(H,17,18). The summed E-state index contributed by atoms with van der Waals surface area (Å²) in [6.07, 6.45) is 0.906. The minimum absolute atomic E-state index is 0.0797. The molecule has 1 aromatic carbocycles. The first-order chi connectivity index (χ1) is 8.52. The first-order valence-corrected chi connectivity index (χ1v) is 5.90. The molecule has 94 valence electrons. The normalized spacial score (nSPS) is 10.6. The minimum Gasteiger partial charge on any atom is -0.476 e. The van der Waals surface area contributed by atoms with E-state index in [2.05, 4.69) is 30.2 Å². The summed E-state index contributed by atoms with van der Waals surface area (Å²) >= 11 is 0. The molecule has 4 nitrogen and oxygen atoms in total. The molecule has 0 aliphatic carbocycles. The van der Waals surface area contributed by atoms with Crippen molar-refractivity contribution in [2.75, 3.05) is 0 Å². The van der Waals surface area contributed by atoms with Crippen LogP contribution in [-0.2, 0) is 13.5 Å². The fraction of sp³-hybridized carbons (Fsp3) is 0.286. The summed E-state index contributed by atoms with van der Waals surface area (Å²) in [5.74, 6) is -0.998. The van der Waals surface area contributed by atoms with E-state index in [1.807, 2.05) is 6.92 Å². The molecule has 0 atom stereocenters. The molecular formula is C14H16N2O2. The van der Waals surface area contributed by atoms with E-state index in [1.54, 1.807) is 17.8 Å².